The summed E-state index contributed by atoms with van der Waals surface area (Å²) >= 11 is 0.302. The van der Waals surface area contributed by atoms with Crippen LogP contribution in [-0.2, 0) is 6.18 Å². The van der Waals surface area contributed by atoms with Gasteiger partial charge in [-0.15, -0.1) is 10.2 Å². The molecular weight excluding hydrogens is 307 g/mol. The van der Waals surface area contributed by atoms with Crippen LogP contribution in [0.15, 0.2) is 0 Å². The van der Waals surface area contributed by atoms with Gasteiger partial charge in [0.1, 0.15) is 0 Å². The number of anilines is 1. The van der Waals surface area contributed by atoms with E-state index < -0.39 is 17.2 Å². The van der Waals surface area contributed by atoms with Crippen molar-refractivity contribution in [3.63, 3.8) is 0 Å². The van der Waals surface area contributed by atoms with Crippen LogP contribution < -0.4 is 10.6 Å². The number of carbonyl (C=O) groups is 1. The SMILES string of the molecule is CC(C)N1CCC(NC(=O)Nc2nnc(C(F)(F)F)s2)C1. The second-order valence-electron chi connectivity index (χ2n) is 5.08. The van der Waals surface area contributed by atoms with Gasteiger partial charge < -0.3 is 5.32 Å². The molecule has 1 aromatic rings. The molecule has 2 heterocycles. The average molecular weight is 323 g/mol. The zero-order valence-electron chi connectivity index (χ0n) is 11.6. The summed E-state index contributed by atoms with van der Waals surface area (Å²) in [6.07, 6.45) is -3.73. The van der Waals surface area contributed by atoms with E-state index in [0.717, 1.165) is 19.5 Å². The van der Waals surface area contributed by atoms with Crippen molar-refractivity contribution in [1.82, 2.24) is 20.4 Å². The minimum atomic E-state index is -4.54. The van der Waals surface area contributed by atoms with Gasteiger partial charge in [0, 0.05) is 25.2 Å². The lowest BCUT2D eigenvalue weighted by molar-refractivity contribution is -0.138. The maximum atomic E-state index is 12.4. The van der Waals surface area contributed by atoms with Crippen LogP contribution >= 0.6 is 11.3 Å². The van der Waals surface area contributed by atoms with Crippen LogP contribution in [0.3, 0.4) is 0 Å². The van der Waals surface area contributed by atoms with Gasteiger partial charge in [0.25, 0.3) is 0 Å². The summed E-state index contributed by atoms with van der Waals surface area (Å²) in [5.74, 6) is 0. The Morgan fingerprint density at radius 3 is 2.67 bits per heavy atom. The van der Waals surface area contributed by atoms with Crippen LogP contribution in [0.2, 0.25) is 0 Å². The average Bonchev–Trinajstić information content (AvgIpc) is 2.97. The lowest BCUT2D eigenvalue weighted by Crippen LogP contribution is -2.40. The van der Waals surface area contributed by atoms with Crippen LogP contribution in [0.4, 0.5) is 23.1 Å². The molecule has 0 spiro atoms. The summed E-state index contributed by atoms with van der Waals surface area (Å²) < 4.78 is 37.1. The summed E-state index contributed by atoms with van der Waals surface area (Å²) in [7, 11) is 0. The van der Waals surface area contributed by atoms with Crippen molar-refractivity contribution in [3.8, 4) is 0 Å². The van der Waals surface area contributed by atoms with E-state index in [1.807, 2.05) is 0 Å². The molecule has 2 amide bonds. The number of aromatic nitrogens is 2. The van der Waals surface area contributed by atoms with E-state index in [4.69, 9.17) is 0 Å². The monoisotopic (exact) mass is 323 g/mol. The molecule has 21 heavy (non-hydrogen) atoms. The Morgan fingerprint density at radius 1 is 1.43 bits per heavy atom. The second kappa shape index (κ2) is 6.14. The Labute approximate surface area is 123 Å². The lowest BCUT2D eigenvalue weighted by atomic mass is 10.3. The molecule has 1 aliphatic rings. The number of rotatable bonds is 3. The van der Waals surface area contributed by atoms with Crippen molar-refractivity contribution in [2.45, 2.75) is 38.5 Å². The highest BCUT2D eigenvalue weighted by Gasteiger charge is 2.36. The summed E-state index contributed by atoms with van der Waals surface area (Å²) in [6, 6.07) is -0.171. The Balaban J connectivity index is 1.84. The number of halogens is 3. The van der Waals surface area contributed by atoms with Gasteiger partial charge in [0.15, 0.2) is 0 Å². The fourth-order valence-electron chi connectivity index (χ4n) is 2.08. The molecule has 10 heteroatoms. The quantitative estimate of drug-likeness (QED) is 0.894. The molecule has 6 nitrogen and oxygen atoms in total. The number of carbonyl (C=O) groups excluding carboxylic acids is 1. The number of likely N-dealkylation sites (tertiary alicyclic amines) is 1. The standard InChI is InChI=1S/C11H16F3N5OS/c1-6(2)19-4-3-7(5-19)15-9(20)16-10-18-17-8(21-10)11(12,13)14/h6-7H,3-5H2,1-2H3,(H2,15,16,18,20). The van der Waals surface area contributed by atoms with E-state index in [2.05, 4.69) is 39.6 Å². The summed E-state index contributed by atoms with van der Waals surface area (Å²) in [5.41, 5.74) is 0. The van der Waals surface area contributed by atoms with E-state index in [-0.39, 0.29) is 11.2 Å². The van der Waals surface area contributed by atoms with Gasteiger partial charge in [-0.3, -0.25) is 10.2 Å². The first kappa shape index (κ1) is 16.0. The van der Waals surface area contributed by atoms with Crippen LogP contribution in [0.5, 0.6) is 0 Å². The Bertz CT molecular complexity index is 504. The van der Waals surface area contributed by atoms with E-state index in [0.29, 0.717) is 17.4 Å². The van der Waals surface area contributed by atoms with Crippen molar-refractivity contribution in [3.05, 3.63) is 5.01 Å². The molecule has 0 radical (unpaired) electrons. The Hall–Kier alpha value is -1.42. The van der Waals surface area contributed by atoms with Gasteiger partial charge >= 0.3 is 12.2 Å². The van der Waals surface area contributed by atoms with Crippen LogP contribution in [0, 0.1) is 0 Å². The molecule has 1 aromatic heterocycles. The normalized spacial score (nSPS) is 20.0. The van der Waals surface area contributed by atoms with Gasteiger partial charge in [-0.25, -0.2) is 4.79 Å². The number of amides is 2. The third kappa shape index (κ3) is 4.27. The first-order valence-corrected chi connectivity index (χ1v) is 7.29. The first-order valence-electron chi connectivity index (χ1n) is 6.48. The smallest absolute Gasteiger partial charge is 0.334 e. The molecule has 0 saturated carbocycles. The minimum Gasteiger partial charge on any atom is -0.334 e. The largest absolute Gasteiger partial charge is 0.445 e. The van der Waals surface area contributed by atoms with Gasteiger partial charge in [0.2, 0.25) is 10.1 Å². The van der Waals surface area contributed by atoms with E-state index in [1.54, 1.807) is 0 Å². The third-order valence-corrected chi connectivity index (χ3v) is 4.06. The molecule has 1 atom stereocenters. The molecule has 0 bridgehead atoms. The molecule has 0 aromatic carbocycles. The topological polar surface area (TPSA) is 70.2 Å². The van der Waals surface area contributed by atoms with Crippen molar-refractivity contribution in [1.29, 1.82) is 0 Å². The third-order valence-electron chi connectivity index (χ3n) is 3.17. The highest BCUT2D eigenvalue weighted by atomic mass is 32.1. The van der Waals surface area contributed by atoms with Gasteiger partial charge in [0.05, 0.1) is 0 Å². The molecular formula is C11H16F3N5OS. The minimum absolute atomic E-state index is 0.0117. The molecule has 0 aliphatic carbocycles. The van der Waals surface area contributed by atoms with E-state index in [9.17, 15) is 18.0 Å². The number of nitrogens with one attached hydrogen (secondary N) is 2. The number of hydrogen-bond donors (Lipinski definition) is 2. The fourth-order valence-corrected chi connectivity index (χ4v) is 2.69. The Kier molecular flexibility index (Phi) is 4.67. The van der Waals surface area contributed by atoms with E-state index in [1.165, 1.54) is 0 Å². The zero-order chi connectivity index (χ0) is 15.6. The highest BCUT2D eigenvalue weighted by molar-refractivity contribution is 7.15. The van der Waals surface area contributed by atoms with Crippen molar-refractivity contribution in [2.75, 3.05) is 18.4 Å². The van der Waals surface area contributed by atoms with Crippen LogP contribution in [-0.4, -0.2) is 46.3 Å². The number of alkyl halides is 3. The molecule has 2 N–H and O–H groups in total. The molecule has 1 fully saturated rings. The molecule has 1 unspecified atom stereocenters. The van der Waals surface area contributed by atoms with Gasteiger partial charge in [-0.1, -0.05) is 11.3 Å². The second-order valence-corrected chi connectivity index (χ2v) is 6.06. The van der Waals surface area contributed by atoms with Gasteiger partial charge in [-0.05, 0) is 20.3 Å². The predicted molar refractivity (Wildman–Crippen MR) is 72.2 cm³/mol. The van der Waals surface area contributed by atoms with Crippen molar-refractivity contribution in [2.24, 2.45) is 0 Å². The van der Waals surface area contributed by atoms with Crippen LogP contribution in [0.25, 0.3) is 0 Å². The number of hydrogen-bond acceptors (Lipinski definition) is 5. The van der Waals surface area contributed by atoms with Crippen molar-refractivity contribution < 1.29 is 18.0 Å². The summed E-state index contributed by atoms with van der Waals surface area (Å²) in [5, 5.41) is 10.1. The first-order chi connectivity index (χ1) is 9.75. The lowest BCUT2D eigenvalue weighted by Gasteiger charge is -2.20. The summed E-state index contributed by atoms with van der Waals surface area (Å²) in [6.45, 7) is 5.76. The fraction of sp³-hybridized carbons (Fsp3) is 0.727. The molecule has 2 rings (SSSR count). The summed E-state index contributed by atoms with van der Waals surface area (Å²) in [4.78, 5) is 13.9. The Morgan fingerprint density at radius 2 is 2.14 bits per heavy atom. The van der Waals surface area contributed by atoms with Crippen LogP contribution in [0.1, 0.15) is 25.3 Å². The number of urea groups is 1. The highest BCUT2D eigenvalue weighted by Crippen LogP contribution is 2.32. The van der Waals surface area contributed by atoms with Gasteiger partial charge in [-0.2, -0.15) is 13.2 Å². The van der Waals surface area contributed by atoms with Crippen molar-refractivity contribution >= 4 is 22.5 Å². The van der Waals surface area contributed by atoms with E-state index >= 15 is 0 Å². The maximum absolute atomic E-state index is 12.4. The molecule has 1 aliphatic heterocycles. The molecule has 118 valence electrons. The molecule has 1 saturated heterocycles. The zero-order valence-corrected chi connectivity index (χ0v) is 12.4. The predicted octanol–water partition coefficient (Wildman–Crippen LogP) is 2.16. The maximum Gasteiger partial charge on any atom is 0.445 e. The number of nitrogens with zero attached hydrogens (tertiary/aromatic N) is 3.